The molecular formula is C115H194Si12. The van der Waals surface area contributed by atoms with Crippen LogP contribution in [0.2, 0.25) is 236 Å². The van der Waals surface area contributed by atoms with Crippen molar-refractivity contribution < 1.29 is 0 Å². The van der Waals surface area contributed by atoms with Gasteiger partial charge >= 0.3 is 0 Å². The first-order valence-electron chi connectivity index (χ1n) is 48.1. The molecule has 702 valence electrons. The van der Waals surface area contributed by atoms with Gasteiger partial charge in [0, 0.05) is 0 Å². The zero-order valence-corrected chi connectivity index (χ0v) is 104. The Kier molecular flexibility index (Phi) is 47.4. The van der Waals surface area contributed by atoms with Crippen LogP contribution in [0.3, 0.4) is 0 Å². The van der Waals surface area contributed by atoms with Crippen molar-refractivity contribution >= 4 is 159 Å². The first kappa shape index (κ1) is 120. The summed E-state index contributed by atoms with van der Waals surface area (Å²) in [4.78, 5) is 0. The minimum Gasteiger partial charge on any atom is -0.0656 e. The second-order valence-electron chi connectivity index (χ2n) is 50.0. The van der Waals surface area contributed by atoms with Crippen LogP contribution in [-0.2, 0) is 0 Å². The quantitative estimate of drug-likeness (QED) is 0.0898. The molecule has 12 heteroatoms. The maximum Gasteiger partial charge on any atom is 0.0779 e. The predicted octanol–water partition coefficient (Wildman–Crippen LogP) is 29.9. The average Bonchev–Trinajstić information content (AvgIpc) is 0.769. The normalized spacial score (nSPS) is 12.1. The molecule has 0 fully saturated rings. The summed E-state index contributed by atoms with van der Waals surface area (Å²) in [5.74, 6) is 1.96. The maximum absolute atomic E-state index is 2.57. The molecule has 0 radical (unpaired) electrons. The number of hydrogen-bond acceptors (Lipinski definition) is 0. The Bertz CT molecular complexity index is 4820. The highest BCUT2D eigenvalue weighted by Crippen LogP contribution is 2.21. The second-order valence-corrected chi connectivity index (χ2v) is 111. The molecule has 0 nitrogen and oxygen atoms in total. The van der Waals surface area contributed by atoms with Gasteiger partial charge in [-0.25, -0.2) is 0 Å². The minimum absolute atomic E-state index is 0.653. The van der Waals surface area contributed by atoms with Gasteiger partial charge in [0.05, 0.1) is 96.9 Å². The van der Waals surface area contributed by atoms with Crippen molar-refractivity contribution in [3.63, 3.8) is 0 Å². The molecule has 0 aliphatic heterocycles. The Hall–Kier alpha value is -5.20. The molecular weight excluding hydrogens is 1720 g/mol. The molecule has 0 unspecified atom stereocenters. The molecule has 0 bridgehead atoms. The molecule has 10 rings (SSSR count). The molecule has 0 aliphatic carbocycles. The van der Waals surface area contributed by atoms with E-state index >= 15 is 0 Å². The van der Waals surface area contributed by atoms with Crippen LogP contribution in [0.25, 0.3) is 0 Å². The summed E-state index contributed by atoms with van der Waals surface area (Å²) in [6, 6.07) is 78.9. The van der Waals surface area contributed by atoms with Crippen LogP contribution in [0.5, 0.6) is 0 Å². The molecule has 10 aromatic rings. The predicted molar refractivity (Wildman–Crippen MR) is 630 cm³/mol. The van der Waals surface area contributed by atoms with Crippen molar-refractivity contribution in [1.82, 2.24) is 0 Å². The van der Waals surface area contributed by atoms with E-state index in [4.69, 9.17) is 0 Å². The molecule has 0 aliphatic rings. The summed E-state index contributed by atoms with van der Waals surface area (Å²) in [5, 5.41) is 19.5. The third-order valence-corrected chi connectivity index (χ3v) is 48.7. The van der Waals surface area contributed by atoms with Gasteiger partial charge in [0.25, 0.3) is 0 Å². The van der Waals surface area contributed by atoms with Gasteiger partial charge in [-0.2, -0.15) is 0 Å². The number of hydrogen-bond donors (Lipinski definition) is 0. The lowest BCUT2D eigenvalue weighted by Gasteiger charge is -2.30. The van der Waals surface area contributed by atoms with E-state index in [9.17, 15) is 0 Å². The SMILES string of the molecule is Cc1c([Si](C)(C)C)cc([Si](C)(C)C)cc1[Si](C)(C)C.Cc1c([Si](C)(C)C)cccc1[Si](C)(C)C.Cc1cc([Si](C)(C)C)cc([Si](C)(C)C)c1.Cc1ccc(C(C)C)cc1.Cc1ccc([Si](C)(C)C)cc1.Cc1ccc([Si](C)(C)C)cc1[Si](C)(C)C.Cc1cccc(C(C)C)c1.Cc1cccc([Si](C)(C)C)c1.Cc1ccccc1C(C)C.Cc1ccccc1[Si](C)(C)C. The van der Waals surface area contributed by atoms with E-state index < -0.39 is 96.9 Å². The van der Waals surface area contributed by atoms with Crippen molar-refractivity contribution in [2.75, 3.05) is 0 Å². The summed E-state index contributed by atoms with van der Waals surface area (Å²) in [6.07, 6.45) is 0. The smallest absolute Gasteiger partial charge is 0.0656 e. The van der Waals surface area contributed by atoms with Crippen molar-refractivity contribution in [2.24, 2.45) is 0 Å². The Labute approximate surface area is 801 Å². The van der Waals surface area contributed by atoms with E-state index in [-0.39, 0.29) is 0 Å². The molecule has 0 saturated heterocycles. The Morgan fingerprint density at radius 1 is 0.157 bits per heavy atom. The Morgan fingerprint density at radius 3 is 0.748 bits per heavy atom. The van der Waals surface area contributed by atoms with Gasteiger partial charge < -0.3 is 0 Å². The summed E-state index contributed by atoms with van der Waals surface area (Å²) in [5.41, 5.74) is 18.7. The van der Waals surface area contributed by atoms with Crippen LogP contribution in [0.4, 0.5) is 0 Å². The lowest BCUT2D eigenvalue weighted by molar-refractivity contribution is 0.856. The standard InChI is InChI=1S/C16H32Si3.3C13H24Si2.3C10H16Si.3C10H14/c1-13-15(18(5,6)7)11-14(17(2,3)4)12-16(13)19(8,9)10;1-11-8-12(14(2,3)4)10-13(9-11)15(5,6)7;1-11-8-9-12(14(2,3)4)10-13(11)15(5,6)7;1-11-12(14(2,3)4)9-8-10-13(11)15(5,6)7;1-9-5-7-10(8-6-9)11(2,3)4;1-9-6-5-7-10(8-9)11(2,3)4;1-9-7-5-6-8-10(9)11(2,3)4;1-8(2)10-6-4-9(3)5-7-10;1-8(2)10-6-4-5-9(3)7-10;1-8(2)10-7-5-4-6-9(10)3/h11-12H,1-10H3;3*8-10H,1-7H3;3*5-8H,1-4H3;3*4-8H,1-3H3. The van der Waals surface area contributed by atoms with Crippen molar-refractivity contribution in [1.29, 1.82) is 0 Å². The van der Waals surface area contributed by atoms with E-state index in [2.05, 4.69) is 559 Å². The van der Waals surface area contributed by atoms with Crippen LogP contribution < -0.4 is 62.2 Å². The van der Waals surface area contributed by atoms with Crippen molar-refractivity contribution in [2.45, 2.75) is 364 Å². The molecule has 0 atom stereocenters. The van der Waals surface area contributed by atoms with Gasteiger partial charge in [-0.15, -0.1) is 0 Å². The first-order valence-corrected chi connectivity index (χ1v) is 90.1. The highest BCUT2D eigenvalue weighted by molar-refractivity contribution is 6.96. The summed E-state index contributed by atoms with van der Waals surface area (Å²) < 4.78 is 0. The zero-order chi connectivity index (χ0) is 98.9. The van der Waals surface area contributed by atoms with Gasteiger partial charge in [0.15, 0.2) is 0 Å². The van der Waals surface area contributed by atoms with E-state index in [0.29, 0.717) is 17.8 Å². The van der Waals surface area contributed by atoms with Crippen LogP contribution >= 0.6 is 0 Å². The topological polar surface area (TPSA) is 0 Å². The summed E-state index contributed by atoms with van der Waals surface area (Å²) in [7, 11) is -13.9. The highest BCUT2D eigenvalue weighted by Gasteiger charge is 2.31. The van der Waals surface area contributed by atoms with Gasteiger partial charge in [-0.1, -0.05) is 602 Å². The molecule has 0 N–H and O–H groups in total. The first-order chi connectivity index (χ1) is 57.2. The molecule has 0 spiro atoms. The van der Waals surface area contributed by atoms with Crippen LogP contribution in [0.1, 0.15) is 132 Å². The fourth-order valence-corrected chi connectivity index (χ4v) is 34.5. The number of benzene rings is 10. The van der Waals surface area contributed by atoms with Gasteiger partial charge in [0.1, 0.15) is 0 Å². The lowest BCUT2D eigenvalue weighted by atomic mass is 9.99. The third kappa shape index (κ3) is 44.5. The molecule has 0 saturated carbocycles. The molecule has 0 aromatic heterocycles. The molecule has 0 amide bonds. The molecule has 0 heterocycles. The van der Waals surface area contributed by atoms with Crippen LogP contribution in [-0.4, -0.2) is 96.9 Å². The highest BCUT2D eigenvalue weighted by atomic mass is 28.3. The van der Waals surface area contributed by atoms with E-state index in [0.717, 1.165) is 0 Å². The zero-order valence-electron chi connectivity index (χ0n) is 92.4. The van der Waals surface area contributed by atoms with Gasteiger partial charge in [-0.3, -0.25) is 0 Å². The summed E-state index contributed by atoms with van der Waals surface area (Å²) in [6.45, 7) is 123. The van der Waals surface area contributed by atoms with Crippen LogP contribution in [0, 0.1) is 69.2 Å². The van der Waals surface area contributed by atoms with E-state index in [1.165, 1.54) is 61.2 Å². The largest absolute Gasteiger partial charge is 0.0779 e. The monoisotopic (exact) mass is 1910 g/mol. The second kappa shape index (κ2) is 50.2. The molecule has 127 heavy (non-hydrogen) atoms. The fourth-order valence-electron chi connectivity index (χ4n) is 15.3. The van der Waals surface area contributed by atoms with E-state index in [1.54, 1.807) is 73.4 Å². The molecule has 10 aromatic carbocycles. The Morgan fingerprint density at radius 2 is 0.441 bits per heavy atom. The van der Waals surface area contributed by atoms with Crippen molar-refractivity contribution in [3.8, 4) is 0 Å². The lowest BCUT2D eigenvalue weighted by Crippen LogP contribution is -2.53. The fraction of sp³-hybridized carbons (Fsp3) is 0.478. The van der Waals surface area contributed by atoms with Gasteiger partial charge in [0.2, 0.25) is 0 Å². The number of rotatable bonds is 15. The average molecular weight is 1910 g/mol. The summed E-state index contributed by atoms with van der Waals surface area (Å²) >= 11 is 0. The van der Waals surface area contributed by atoms with Gasteiger partial charge in [-0.05, 0) is 109 Å². The van der Waals surface area contributed by atoms with Crippen molar-refractivity contribution in [3.05, 3.63) is 285 Å². The van der Waals surface area contributed by atoms with E-state index in [1.807, 2.05) is 0 Å². The minimum atomic E-state index is -1.25. The number of aryl methyl sites for hydroxylation is 8. The third-order valence-electron chi connectivity index (χ3n) is 23.6. The van der Waals surface area contributed by atoms with Crippen LogP contribution in [0.15, 0.2) is 212 Å². The maximum atomic E-state index is 2.57. The Balaban J connectivity index is 0.000000710.